The Labute approximate surface area is 125 Å². The molecule has 1 heterocycles. The Balaban J connectivity index is 2.34. The molecule has 0 aliphatic heterocycles. The number of benzene rings is 1. The zero-order valence-electron chi connectivity index (χ0n) is 12.7. The van der Waals surface area contributed by atoms with Gasteiger partial charge in [0.05, 0.1) is 18.8 Å². The molecule has 4 heteroatoms. The molecule has 112 valence electrons. The number of hydrogen-bond donors (Lipinski definition) is 1. The van der Waals surface area contributed by atoms with Crippen molar-refractivity contribution in [2.45, 2.75) is 26.3 Å². The van der Waals surface area contributed by atoms with Crippen LogP contribution in [0, 0.1) is 12.7 Å². The molecule has 0 saturated heterocycles. The minimum Gasteiger partial charge on any atom is -0.492 e. The third-order valence-corrected chi connectivity index (χ3v) is 3.38. The van der Waals surface area contributed by atoms with Crippen LogP contribution in [0.4, 0.5) is 4.39 Å². The highest BCUT2D eigenvalue weighted by atomic mass is 19.1. The van der Waals surface area contributed by atoms with Crippen molar-refractivity contribution in [2.24, 2.45) is 0 Å². The van der Waals surface area contributed by atoms with Crippen molar-refractivity contribution >= 4 is 0 Å². The average Bonchev–Trinajstić information content (AvgIpc) is 2.50. The van der Waals surface area contributed by atoms with Crippen molar-refractivity contribution in [2.75, 3.05) is 13.7 Å². The highest BCUT2D eigenvalue weighted by molar-refractivity contribution is 5.38. The van der Waals surface area contributed by atoms with E-state index in [-0.39, 0.29) is 11.9 Å². The van der Waals surface area contributed by atoms with E-state index in [1.807, 2.05) is 20.0 Å². The van der Waals surface area contributed by atoms with Gasteiger partial charge in [0, 0.05) is 6.20 Å². The molecule has 1 aromatic carbocycles. The summed E-state index contributed by atoms with van der Waals surface area (Å²) >= 11 is 0. The molecule has 0 aliphatic carbocycles. The molecule has 2 aromatic rings. The molecule has 0 saturated carbocycles. The molecular weight excluding hydrogens is 267 g/mol. The maximum atomic E-state index is 13.5. The van der Waals surface area contributed by atoms with Crippen LogP contribution in [0.5, 0.6) is 5.75 Å². The van der Waals surface area contributed by atoms with Gasteiger partial charge < -0.3 is 10.1 Å². The fraction of sp³-hybridized carbons (Fsp3) is 0.353. The first-order valence-corrected chi connectivity index (χ1v) is 7.16. The van der Waals surface area contributed by atoms with Gasteiger partial charge in [-0.1, -0.05) is 13.0 Å². The lowest BCUT2D eigenvalue weighted by molar-refractivity contribution is 0.315. The maximum Gasteiger partial charge on any atom is 0.137 e. The Morgan fingerprint density at radius 1 is 1.29 bits per heavy atom. The summed E-state index contributed by atoms with van der Waals surface area (Å²) in [6.45, 7) is 4.70. The third-order valence-electron chi connectivity index (χ3n) is 3.38. The lowest BCUT2D eigenvalue weighted by atomic mass is 9.96. The van der Waals surface area contributed by atoms with Crippen molar-refractivity contribution in [3.05, 3.63) is 59.2 Å². The third kappa shape index (κ3) is 3.79. The molecule has 0 amide bonds. The molecule has 1 atom stereocenters. The van der Waals surface area contributed by atoms with Gasteiger partial charge in [0.1, 0.15) is 11.6 Å². The van der Waals surface area contributed by atoms with Gasteiger partial charge in [0.25, 0.3) is 0 Å². The predicted molar refractivity (Wildman–Crippen MR) is 82.1 cm³/mol. The van der Waals surface area contributed by atoms with Crippen LogP contribution in [0.15, 0.2) is 36.7 Å². The summed E-state index contributed by atoms with van der Waals surface area (Å²) in [6, 6.07) is 6.67. The first-order chi connectivity index (χ1) is 10.2. The number of halogens is 1. The number of pyridine rings is 1. The van der Waals surface area contributed by atoms with E-state index in [4.69, 9.17) is 4.74 Å². The number of aryl methyl sites for hydroxylation is 1. The van der Waals surface area contributed by atoms with Crippen LogP contribution in [0.2, 0.25) is 0 Å². The Morgan fingerprint density at radius 3 is 2.81 bits per heavy atom. The van der Waals surface area contributed by atoms with Crippen molar-refractivity contribution in [1.82, 2.24) is 10.3 Å². The highest BCUT2D eigenvalue weighted by Crippen LogP contribution is 2.27. The van der Waals surface area contributed by atoms with E-state index >= 15 is 0 Å². The second-order valence-corrected chi connectivity index (χ2v) is 5.03. The zero-order chi connectivity index (χ0) is 15.2. The number of hydrogen-bond acceptors (Lipinski definition) is 3. The van der Waals surface area contributed by atoms with Gasteiger partial charge in [0.15, 0.2) is 0 Å². The minimum atomic E-state index is -0.234. The van der Waals surface area contributed by atoms with E-state index < -0.39 is 0 Å². The summed E-state index contributed by atoms with van der Waals surface area (Å²) in [6.07, 6.45) is 4.43. The summed E-state index contributed by atoms with van der Waals surface area (Å²) in [5.41, 5.74) is 2.90. The van der Waals surface area contributed by atoms with Gasteiger partial charge >= 0.3 is 0 Å². The Kier molecular flexibility index (Phi) is 5.28. The lowest BCUT2D eigenvalue weighted by Gasteiger charge is -2.20. The molecule has 0 bridgehead atoms. The summed E-state index contributed by atoms with van der Waals surface area (Å²) in [4.78, 5) is 4.23. The van der Waals surface area contributed by atoms with Crippen LogP contribution < -0.4 is 10.1 Å². The van der Waals surface area contributed by atoms with Crippen molar-refractivity contribution < 1.29 is 9.13 Å². The Hall–Kier alpha value is -1.94. The number of ether oxygens (including phenoxy) is 1. The van der Waals surface area contributed by atoms with Crippen molar-refractivity contribution in [3.8, 4) is 5.75 Å². The number of aromatic nitrogens is 1. The van der Waals surface area contributed by atoms with Crippen molar-refractivity contribution in [3.63, 3.8) is 0 Å². The molecule has 3 nitrogen and oxygen atoms in total. The van der Waals surface area contributed by atoms with Crippen LogP contribution in [-0.4, -0.2) is 18.6 Å². The smallest absolute Gasteiger partial charge is 0.137 e. The van der Waals surface area contributed by atoms with Crippen LogP contribution in [0.1, 0.15) is 36.1 Å². The summed E-state index contributed by atoms with van der Waals surface area (Å²) < 4.78 is 19.2. The number of nitrogens with one attached hydrogen (secondary N) is 1. The molecule has 1 aromatic heterocycles. The van der Waals surface area contributed by atoms with Gasteiger partial charge in [0.2, 0.25) is 0 Å². The first-order valence-electron chi connectivity index (χ1n) is 7.16. The SMILES string of the molecule is CCCOc1cncc(C(NC)c2cc(F)ccc2C)c1. The molecule has 1 N–H and O–H groups in total. The Bertz CT molecular complexity index is 601. The van der Waals surface area contributed by atoms with Gasteiger partial charge in [-0.3, -0.25) is 4.98 Å². The Morgan fingerprint density at radius 2 is 2.10 bits per heavy atom. The fourth-order valence-corrected chi connectivity index (χ4v) is 2.32. The molecule has 1 unspecified atom stereocenters. The van der Waals surface area contributed by atoms with Gasteiger partial charge in [-0.15, -0.1) is 0 Å². The normalized spacial score (nSPS) is 12.2. The minimum absolute atomic E-state index is 0.113. The van der Waals surface area contributed by atoms with Crippen LogP contribution in [0.25, 0.3) is 0 Å². The monoisotopic (exact) mass is 288 g/mol. The lowest BCUT2D eigenvalue weighted by Crippen LogP contribution is -2.19. The molecular formula is C17H21FN2O. The molecule has 2 rings (SSSR count). The quantitative estimate of drug-likeness (QED) is 0.881. The predicted octanol–water partition coefficient (Wildman–Crippen LogP) is 3.63. The number of nitrogens with zero attached hydrogens (tertiary/aromatic N) is 1. The van der Waals surface area contributed by atoms with Gasteiger partial charge in [-0.2, -0.15) is 0 Å². The molecule has 0 spiro atoms. The zero-order valence-corrected chi connectivity index (χ0v) is 12.7. The van der Waals surface area contributed by atoms with E-state index in [1.165, 1.54) is 6.07 Å². The first kappa shape index (κ1) is 15.4. The number of rotatable bonds is 6. The second-order valence-electron chi connectivity index (χ2n) is 5.03. The van der Waals surface area contributed by atoms with Gasteiger partial charge in [-0.25, -0.2) is 4.39 Å². The summed E-state index contributed by atoms with van der Waals surface area (Å²) in [7, 11) is 1.86. The van der Waals surface area contributed by atoms with E-state index in [9.17, 15) is 4.39 Å². The van der Waals surface area contributed by atoms with E-state index in [0.717, 1.165) is 28.9 Å². The van der Waals surface area contributed by atoms with Crippen LogP contribution >= 0.6 is 0 Å². The molecule has 0 aliphatic rings. The standard InChI is InChI=1S/C17H21FN2O/c1-4-7-21-15-8-13(10-20-11-15)17(19-3)16-9-14(18)6-5-12(16)2/h5-6,8-11,17,19H,4,7H2,1-3H3. The largest absolute Gasteiger partial charge is 0.492 e. The topological polar surface area (TPSA) is 34.1 Å². The van der Waals surface area contributed by atoms with E-state index in [2.05, 4.69) is 17.2 Å². The summed E-state index contributed by atoms with van der Waals surface area (Å²) in [5, 5.41) is 3.22. The van der Waals surface area contributed by atoms with Gasteiger partial charge in [-0.05, 0) is 55.3 Å². The van der Waals surface area contributed by atoms with E-state index in [1.54, 1.807) is 24.5 Å². The maximum absolute atomic E-state index is 13.5. The summed E-state index contributed by atoms with van der Waals surface area (Å²) in [5.74, 6) is 0.505. The average molecular weight is 288 g/mol. The van der Waals surface area contributed by atoms with Crippen molar-refractivity contribution in [1.29, 1.82) is 0 Å². The fourth-order valence-electron chi connectivity index (χ4n) is 2.32. The second kappa shape index (κ2) is 7.18. The van der Waals surface area contributed by atoms with E-state index in [0.29, 0.717) is 6.61 Å². The molecule has 21 heavy (non-hydrogen) atoms. The van der Waals surface area contributed by atoms with Crippen LogP contribution in [-0.2, 0) is 0 Å². The highest BCUT2D eigenvalue weighted by Gasteiger charge is 2.16. The van der Waals surface area contributed by atoms with Crippen LogP contribution in [0.3, 0.4) is 0 Å². The molecule has 0 fully saturated rings. The molecule has 0 radical (unpaired) electrons.